The largest absolute Gasteiger partial charge is 0.480 e. The Kier molecular flexibility index (Phi) is 5.76. The fraction of sp³-hybridized carbons (Fsp3) is 0.348. The second-order valence-electron chi connectivity index (χ2n) is 8.26. The van der Waals surface area contributed by atoms with Crippen molar-refractivity contribution in [2.24, 2.45) is 5.92 Å². The molecule has 1 aromatic rings. The summed E-state index contributed by atoms with van der Waals surface area (Å²) in [4.78, 5) is 11.1. The van der Waals surface area contributed by atoms with Gasteiger partial charge in [-0.05, 0) is 54.3 Å². The van der Waals surface area contributed by atoms with Crippen molar-refractivity contribution in [1.29, 1.82) is 0 Å². The minimum atomic E-state index is -4.77. The third kappa shape index (κ3) is 4.36. The number of hydrogen-bond acceptors (Lipinski definition) is 3. The Balaban J connectivity index is 1.86. The highest BCUT2D eigenvalue weighted by Crippen LogP contribution is 2.40. The summed E-state index contributed by atoms with van der Waals surface area (Å²) < 4.78 is 82.0. The summed E-state index contributed by atoms with van der Waals surface area (Å²) in [5, 5.41) is 10.2. The zero-order chi connectivity index (χ0) is 24.1. The number of aliphatic carboxylic acids is 1. The lowest BCUT2D eigenvalue weighted by atomic mass is 9.90. The van der Waals surface area contributed by atoms with Gasteiger partial charge < -0.3 is 9.67 Å². The molecule has 0 amide bonds. The predicted molar refractivity (Wildman–Crippen MR) is 115 cm³/mol. The molecule has 1 unspecified atom stereocenters. The lowest BCUT2D eigenvalue weighted by Crippen LogP contribution is -2.32. The molecule has 1 atom stereocenters. The molecular formula is C23H21F4NO4S. The Bertz CT molecular complexity index is 1390. The van der Waals surface area contributed by atoms with Crippen molar-refractivity contribution >= 4 is 28.0 Å². The van der Waals surface area contributed by atoms with E-state index in [9.17, 15) is 35.9 Å². The highest BCUT2D eigenvalue weighted by molar-refractivity contribution is 7.95. The Morgan fingerprint density at radius 3 is 2.67 bits per heavy atom. The van der Waals surface area contributed by atoms with Crippen molar-refractivity contribution in [2.45, 2.75) is 38.9 Å². The van der Waals surface area contributed by atoms with Gasteiger partial charge in [0.25, 0.3) is 0 Å². The van der Waals surface area contributed by atoms with Crippen LogP contribution in [0, 0.1) is 12.8 Å². The molecule has 0 radical (unpaired) electrons. The molecule has 2 heterocycles. The van der Waals surface area contributed by atoms with E-state index in [4.69, 9.17) is 0 Å². The van der Waals surface area contributed by atoms with Gasteiger partial charge in [0, 0.05) is 29.0 Å². The lowest BCUT2D eigenvalue weighted by molar-refractivity contribution is -0.137. The van der Waals surface area contributed by atoms with E-state index in [1.54, 1.807) is 13.0 Å². The van der Waals surface area contributed by atoms with Crippen molar-refractivity contribution in [1.82, 2.24) is 4.57 Å². The number of aromatic nitrogens is 1. The molecule has 176 valence electrons. The Morgan fingerprint density at radius 2 is 2.00 bits per heavy atom. The van der Waals surface area contributed by atoms with E-state index >= 15 is 0 Å². The van der Waals surface area contributed by atoms with Gasteiger partial charge in [-0.2, -0.15) is 13.2 Å². The third-order valence-electron chi connectivity index (χ3n) is 6.21. The fourth-order valence-electron chi connectivity index (χ4n) is 4.58. The number of rotatable bonds is 4. The minimum Gasteiger partial charge on any atom is -0.480 e. The number of alkyl halides is 3. The molecule has 1 aliphatic heterocycles. The number of carbonyl (C=O) groups is 1. The lowest BCUT2D eigenvalue weighted by Gasteiger charge is -2.20. The second-order valence-corrected chi connectivity index (χ2v) is 10.3. The van der Waals surface area contributed by atoms with Crippen LogP contribution < -0.4 is 10.6 Å². The summed E-state index contributed by atoms with van der Waals surface area (Å²) in [6.07, 6.45) is 2.91. The Hall–Kier alpha value is -2.88. The van der Waals surface area contributed by atoms with Crippen LogP contribution in [0.2, 0.25) is 0 Å². The average Bonchev–Trinajstić information content (AvgIpc) is 2.94. The number of hydrogen-bond donors (Lipinski definition) is 1. The van der Waals surface area contributed by atoms with Gasteiger partial charge in [-0.15, -0.1) is 0 Å². The summed E-state index contributed by atoms with van der Waals surface area (Å²) in [6.45, 7) is 1.19. The minimum absolute atomic E-state index is 0.0659. The van der Waals surface area contributed by atoms with Crippen molar-refractivity contribution in [2.75, 3.05) is 5.75 Å². The number of sulfone groups is 1. The number of carboxylic acids is 1. The first kappa shape index (κ1) is 23.3. The SMILES string of the molecule is Cc1c(CC2C=CC3=C(C=C2C(F)(F)F)S(=O)(=O)CC3)c2c(n1CC(=O)O)=CC=C(F)CC=2. The quantitative estimate of drug-likeness (QED) is 0.669. The molecule has 0 spiro atoms. The highest BCUT2D eigenvalue weighted by Gasteiger charge is 2.41. The van der Waals surface area contributed by atoms with E-state index in [0.29, 0.717) is 27.4 Å². The third-order valence-corrected chi connectivity index (χ3v) is 8.00. The number of nitrogens with zero attached hydrogens (tertiary/aromatic N) is 1. The van der Waals surface area contributed by atoms with Crippen molar-refractivity contribution in [3.63, 3.8) is 0 Å². The molecule has 0 saturated carbocycles. The summed E-state index contributed by atoms with van der Waals surface area (Å²) in [7, 11) is -3.78. The van der Waals surface area contributed by atoms with E-state index in [0.717, 1.165) is 6.08 Å². The summed E-state index contributed by atoms with van der Waals surface area (Å²) in [6, 6.07) is 0. The van der Waals surface area contributed by atoms with Gasteiger partial charge in [0.05, 0.1) is 10.7 Å². The van der Waals surface area contributed by atoms with Gasteiger partial charge in [-0.25, -0.2) is 12.8 Å². The van der Waals surface area contributed by atoms with Crippen LogP contribution in [0.4, 0.5) is 17.6 Å². The Labute approximate surface area is 187 Å². The first-order valence-electron chi connectivity index (χ1n) is 10.3. The molecule has 33 heavy (non-hydrogen) atoms. The van der Waals surface area contributed by atoms with Crippen LogP contribution in [0.5, 0.6) is 0 Å². The molecule has 0 saturated heterocycles. The van der Waals surface area contributed by atoms with Crippen LogP contribution in [-0.2, 0) is 27.6 Å². The van der Waals surface area contributed by atoms with Gasteiger partial charge in [0.2, 0.25) is 0 Å². The zero-order valence-corrected chi connectivity index (χ0v) is 18.4. The standard InChI is InChI=1S/C23H21F4NO4S/c1-13-18(17-6-4-16(24)5-7-20(17)28(13)12-22(29)30)10-15-3-2-14-8-9-33(31,32)21(14)11-19(15)23(25,26)27/h2-3,5-7,11,15H,4,8-10,12H2,1H3,(H,29,30). The van der Waals surface area contributed by atoms with Crippen molar-refractivity contribution in [3.8, 4) is 0 Å². The molecule has 1 aromatic heterocycles. The Morgan fingerprint density at radius 1 is 1.27 bits per heavy atom. The highest BCUT2D eigenvalue weighted by atomic mass is 32.2. The maximum atomic E-state index is 14.0. The molecule has 3 aliphatic rings. The van der Waals surface area contributed by atoms with E-state index < -0.39 is 45.8 Å². The maximum Gasteiger partial charge on any atom is 0.413 e. The number of fused-ring (bicyclic) bond motifs is 1. The molecule has 5 nitrogen and oxygen atoms in total. The fourth-order valence-corrected chi connectivity index (χ4v) is 6.16. The van der Waals surface area contributed by atoms with Gasteiger partial charge in [-0.1, -0.05) is 18.2 Å². The van der Waals surface area contributed by atoms with Crippen LogP contribution in [0.15, 0.2) is 46.2 Å². The molecule has 2 aliphatic carbocycles. The summed E-state index contributed by atoms with van der Waals surface area (Å²) >= 11 is 0. The van der Waals surface area contributed by atoms with Crippen LogP contribution in [0.1, 0.15) is 24.1 Å². The molecule has 4 rings (SSSR count). The van der Waals surface area contributed by atoms with E-state index in [1.165, 1.54) is 28.9 Å². The van der Waals surface area contributed by atoms with Gasteiger partial charge >= 0.3 is 12.1 Å². The summed E-state index contributed by atoms with van der Waals surface area (Å²) in [5.74, 6) is -3.00. The zero-order valence-electron chi connectivity index (χ0n) is 17.6. The second kappa shape index (κ2) is 8.16. The molecule has 10 heteroatoms. The first-order chi connectivity index (χ1) is 15.4. The monoisotopic (exact) mass is 483 g/mol. The van der Waals surface area contributed by atoms with Gasteiger partial charge in [0.1, 0.15) is 12.4 Å². The summed E-state index contributed by atoms with van der Waals surface area (Å²) in [5.41, 5.74) is 0.317. The van der Waals surface area contributed by atoms with Gasteiger partial charge in [-0.3, -0.25) is 4.79 Å². The van der Waals surface area contributed by atoms with Crippen LogP contribution in [0.3, 0.4) is 0 Å². The van der Waals surface area contributed by atoms with Crippen molar-refractivity contribution < 1.29 is 35.9 Å². The van der Waals surface area contributed by atoms with Crippen LogP contribution in [-0.4, -0.2) is 36.0 Å². The molecule has 0 fully saturated rings. The van der Waals surface area contributed by atoms with Crippen LogP contribution >= 0.6 is 0 Å². The van der Waals surface area contributed by atoms with E-state index in [-0.39, 0.29) is 29.9 Å². The van der Waals surface area contributed by atoms with Crippen LogP contribution in [0.25, 0.3) is 12.2 Å². The predicted octanol–water partition coefficient (Wildman–Crippen LogP) is 2.99. The molecule has 1 N–H and O–H groups in total. The van der Waals surface area contributed by atoms with Gasteiger partial charge in [0.15, 0.2) is 9.84 Å². The first-order valence-corrected chi connectivity index (χ1v) is 11.9. The molecule has 0 bridgehead atoms. The maximum absolute atomic E-state index is 14.0. The average molecular weight is 483 g/mol. The number of carboxylic acid groups (broad SMARTS) is 1. The van der Waals surface area contributed by atoms with Crippen molar-refractivity contribution in [3.05, 3.63) is 68.0 Å². The smallest absolute Gasteiger partial charge is 0.413 e. The van der Waals surface area contributed by atoms with E-state index in [1.807, 2.05) is 0 Å². The topological polar surface area (TPSA) is 76.4 Å². The normalized spacial score (nSPS) is 21.8. The van der Waals surface area contributed by atoms with E-state index in [2.05, 4.69) is 0 Å². The molecular weight excluding hydrogens is 462 g/mol. The molecule has 0 aromatic carbocycles. The number of halogens is 4. The number of allylic oxidation sites excluding steroid dienone is 7.